The van der Waals surface area contributed by atoms with Crippen LogP contribution in [0.15, 0.2) is 12.7 Å². The molecule has 0 saturated carbocycles. The van der Waals surface area contributed by atoms with E-state index in [2.05, 4.69) is 20.6 Å². The third-order valence-corrected chi connectivity index (χ3v) is 1.46. The van der Waals surface area contributed by atoms with Gasteiger partial charge in [-0.25, -0.2) is 4.79 Å². The average Bonchev–Trinajstić information content (AvgIpc) is 2.25. The molecule has 0 radical (unpaired) electrons. The van der Waals surface area contributed by atoms with Crippen LogP contribution < -0.4 is 0 Å². The second-order valence-electron chi connectivity index (χ2n) is 2.68. The summed E-state index contributed by atoms with van der Waals surface area (Å²) in [6.07, 6.45) is 2.00. The zero-order chi connectivity index (χ0) is 12.3. The summed E-state index contributed by atoms with van der Waals surface area (Å²) in [4.78, 5) is 20.5. The molecule has 0 aromatic heterocycles. The summed E-state index contributed by atoms with van der Waals surface area (Å²) >= 11 is 0. The van der Waals surface area contributed by atoms with Crippen LogP contribution in [0.4, 0.5) is 0 Å². The molecule has 0 fully saturated rings. The van der Waals surface area contributed by atoms with E-state index < -0.39 is 5.97 Å². The highest BCUT2D eigenvalue weighted by Crippen LogP contribution is 2.00. The van der Waals surface area contributed by atoms with Crippen LogP contribution in [-0.4, -0.2) is 31.3 Å². The summed E-state index contributed by atoms with van der Waals surface area (Å²) < 4.78 is 8.94. The fraction of sp³-hybridized carbons (Fsp3) is 0.600. The summed E-state index contributed by atoms with van der Waals surface area (Å²) in [5, 5.41) is 0. The maximum atomic E-state index is 10.7. The van der Waals surface area contributed by atoms with E-state index in [1.807, 2.05) is 6.92 Å². The molecular formula is C10H19O4P. The Hall–Kier alpha value is -0.890. The largest absolute Gasteiger partial charge is 0.466 e. The number of hydrogen-bond acceptors (Lipinski definition) is 4. The van der Waals surface area contributed by atoms with Crippen molar-refractivity contribution in [2.24, 2.45) is 0 Å². The van der Waals surface area contributed by atoms with Crippen LogP contribution in [-0.2, 0) is 19.1 Å². The van der Waals surface area contributed by atoms with Crippen molar-refractivity contribution >= 4 is 21.2 Å². The summed E-state index contributed by atoms with van der Waals surface area (Å²) in [7, 11) is 3.70. The predicted molar refractivity (Wildman–Crippen MR) is 62.6 cm³/mol. The topological polar surface area (TPSA) is 52.6 Å². The fourth-order valence-corrected chi connectivity index (χ4v) is 0.514. The maximum Gasteiger partial charge on any atom is 0.329 e. The van der Waals surface area contributed by atoms with Gasteiger partial charge in [0.25, 0.3) is 0 Å². The molecule has 0 bridgehead atoms. The lowest BCUT2D eigenvalue weighted by atomic mass is 10.5. The van der Waals surface area contributed by atoms with Gasteiger partial charge in [0.15, 0.2) is 0 Å². The van der Waals surface area contributed by atoms with Gasteiger partial charge in [0.2, 0.25) is 0 Å². The van der Waals surface area contributed by atoms with E-state index in [1.54, 1.807) is 6.92 Å². The monoisotopic (exact) mass is 234 g/mol. The van der Waals surface area contributed by atoms with Crippen LogP contribution in [0.1, 0.15) is 20.3 Å². The number of methoxy groups -OCH3 is 1. The minimum absolute atomic E-state index is 0.0726. The van der Waals surface area contributed by atoms with Crippen molar-refractivity contribution in [3.8, 4) is 0 Å². The van der Waals surface area contributed by atoms with Gasteiger partial charge in [-0.1, -0.05) is 13.5 Å². The highest BCUT2D eigenvalue weighted by Gasteiger charge is 2.05. The number of carbonyl (C=O) groups excluding carboxylic acids is 2. The normalized spacial score (nSPS) is 10.4. The van der Waals surface area contributed by atoms with E-state index in [9.17, 15) is 9.59 Å². The molecule has 0 amide bonds. The Kier molecular flexibility index (Phi) is 12.3. The standard InChI is InChI=1S/C6H13O2P.C4H6O2/c1-3-4-8-6(7)5(2)9;1-3-4(5)6-2/h5H,3-4,9H2,1-2H3;3H,1H2,2H3. The Morgan fingerprint density at radius 3 is 2.27 bits per heavy atom. The fourth-order valence-electron chi connectivity index (χ4n) is 0.417. The lowest BCUT2D eigenvalue weighted by Crippen LogP contribution is -2.13. The van der Waals surface area contributed by atoms with Gasteiger partial charge in [0, 0.05) is 6.08 Å². The van der Waals surface area contributed by atoms with Gasteiger partial charge in [-0.15, -0.1) is 9.24 Å². The molecule has 0 spiro atoms. The quantitative estimate of drug-likeness (QED) is 0.420. The molecule has 88 valence electrons. The van der Waals surface area contributed by atoms with Crippen molar-refractivity contribution in [2.75, 3.05) is 13.7 Å². The van der Waals surface area contributed by atoms with Crippen LogP contribution in [0.3, 0.4) is 0 Å². The molecule has 0 aromatic rings. The van der Waals surface area contributed by atoms with Gasteiger partial charge in [0.05, 0.1) is 19.4 Å². The van der Waals surface area contributed by atoms with E-state index in [4.69, 9.17) is 4.74 Å². The third kappa shape index (κ3) is 13.1. The minimum atomic E-state index is -0.394. The smallest absolute Gasteiger partial charge is 0.329 e. The van der Waals surface area contributed by atoms with Gasteiger partial charge < -0.3 is 9.47 Å². The maximum absolute atomic E-state index is 10.7. The molecule has 0 heterocycles. The predicted octanol–water partition coefficient (Wildman–Crippen LogP) is 1.55. The number of esters is 2. The van der Waals surface area contributed by atoms with E-state index in [0.717, 1.165) is 12.5 Å². The van der Waals surface area contributed by atoms with Crippen LogP contribution in [0, 0.1) is 0 Å². The molecule has 0 aliphatic carbocycles. The molecule has 0 aliphatic rings. The highest BCUT2D eigenvalue weighted by molar-refractivity contribution is 7.19. The van der Waals surface area contributed by atoms with E-state index in [-0.39, 0.29) is 11.6 Å². The van der Waals surface area contributed by atoms with Gasteiger partial charge >= 0.3 is 11.9 Å². The molecule has 2 atom stereocenters. The second-order valence-corrected chi connectivity index (χ2v) is 3.68. The van der Waals surface area contributed by atoms with Crippen molar-refractivity contribution < 1.29 is 19.1 Å². The minimum Gasteiger partial charge on any atom is -0.466 e. The molecule has 0 saturated heterocycles. The first-order chi connectivity index (χ1) is 6.99. The van der Waals surface area contributed by atoms with E-state index in [0.29, 0.717) is 6.61 Å². The zero-order valence-electron chi connectivity index (χ0n) is 9.49. The molecule has 0 aromatic carbocycles. The van der Waals surface area contributed by atoms with Crippen molar-refractivity contribution in [2.45, 2.75) is 25.9 Å². The Morgan fingerprint density at radius 2 is 2.07 bits per heavy atom. The summed E-state index contributed by atoms with van der Waals surface area (Å²) in [6.45, 7) is 7.46. The number of carbonyl (C=O) groups is 2. The van der Waals surface area contributed by atoms with Crippen LogP contribution in [0.25, 0.3) is 0 Å². The van der Waals surface area contributed by atoms with E-state index in [1.165, 1.54) is 7.11 Å². The molecular weight excluding hydrogens is 215 g/mol. The van der Waals surface area contributed by atoms with Crippen molar-refractivity contribution in [3.63, 3.8) is 0 Å². The lowest BCUT2D eigenvalue weighted by molar-refractivity contribution is -0.142. The molecule has 0 N–H and O–H groups in total. The van der Waals surface area contributed by atoms with Gasteiger partial charge in [-0.05, 0) is 13.3 Å². The summed E-state index contributed by atoms with van der Waals surface area (Å²) in [5.41, 5.74) is -0.0726. The summed E-state index contributed by atoms with van der Waals surface area (Å²) in [6, 6.07) is 0. The van der Waals surface area contributed by atoms with Crippen molar-refractivity contribution in [1.29, 1.82) is 0 Å². The molecule has 0 aliphatic heterocycles. The average molecular weight is 234 g/mol. The van der Waals surface area contributed by atoms with Gasteiger partial charge in [-0.2, -0.15) is 0 Å². The van der Waals surface area contributed by atoms with E-state index >= 15 is 0 Å². The Morgan fingerprint density at radius 1 is 1.53 bits per heavy atom. The Balaban J connectivity index is 0. The zero-order valence-corrected chi connectivity index (χ0v) is 10.6. The van der Waals surface area contributed by atoms with Crippen molar-refractivity contribution in [1.82, 2.24) is 0 Å². The van der Waals surface area contributed by atoms with Gasteiger partial charge in [-0.3, -0.25) is 4.79 Å². The molecule has 2 unspecified atom stereocenters. The van der Waals surface area contributed by atoms with Crippen LogP contribution in [0.2, 0.25) is 0 Å². The highest BCUT2D eigenvalue weighted by atomic mass is 31.0. The van der Waals surface area contributed by atoms with Crippen LogP contribution in [0.5, 0.6) is 0 Å². The molecule has 4 nitrogen and oxygen atoms in total. The first kappa shape index (κ1) is 16.5. The third-order valence-electron chi connectivity index (χ3n) is 1.19. The molecule has 5 heteroatoms. The SMILES string of the molecule is C=CC(=O)OC.CCCOC(=O)C(C)P. The first-order valence-electron chi connectivity index (χ1n) is 4.62. The second kappa shape index (κ2) is 11.2. The van der Waals surface area contributed by atoms with Crippen molar-refractivity contribution in [3.05, 3.63) is 12.7 Å². The molecule has 0 rings (SSSR count). The number of ether oxygens (including phenoxy) is 2. The Bertz CT molecular complexity index is 202. The lowest BCUT2D eigenvalue weighted by Gasteiger charge is -2.03. The number of rotatable bonds is 4. The van der Waals surface area contributed by atoms with Crippen LogP contribution >= 0.6 is 9.24 Å². The summed E-state index contributed by atoms with van der Waals surface area (Å²) in [5.74, 6) is -0.531. The number of hydrogen-bond donors (Lipinski definition) is 0. The van der Waals surface area contributed by atoms with Gasteiger partial charge in [0.1, 0.15) is 0 Å². The Labute approximate surface area is 93.2 Å². The first-order valence-corrected chi connectivity index (χ1v) is 5.28. The molecule has 15 heavy (non-hydrogen) atoms.